The van der Waals surface area contributed by atoms with Crippen LogP contribution in [0.5, 0.6) is 0 Å². The van der Waals surface area contributed by atoms with Crippen LogP contribution in [0.25, 0.3) is 10.9 Å². The van der Waals surface area contributed by atoms with Crippen LogP contribution in [0.15, 0.2) is 42.0 Å². The summed E-state index contributed by atoms with van der Waals surface area (Å²) in [5.41, 5.74) is 3.11. The van der Waals surface area contributed by atoms with Crippen molar-refractivity contribution >= 4 is 22.6 Å². The van der Waals surface area contributed by atoms with Gasteiger partial charge < -0.3 is 10.0 Å². The number of carboxylic acids is 1. The predicted octanol–water partition coefficient (Wildman–Crippen LogP) is 3.09. The minimum Gasteiger partial charge on any atom is -0.477 e. The first-order valence-electron chi connectivity index (χ1n) is 6.69. The summed E-state index contributed by atoms with van der Waals surface area (Å²) in [4.78, 5) is 17.7. The molecule has 1 aromatic carbocycles. The maximum atomic E-state index is 11.3. The van der Waals surface area contributed by atoms with Gasteiger partial charge >= 0.3 is 5.97 Å². The van der Waals surface area contributed by atoms with Crippen molar-refractivity contribution in [1.29, 1.82) is 0 Å². The van der Waals surface area contributed by atoms with Gasteiger partial charge in [-0.3, -0.25) is 0 Å². The molecule has 0 saturated carbocycles. The maximum absolute atomic E-state index is 11.3. The SMILES string of the molecule is CC1=CCCN(c2cc(C(=O)O)nc3ccccc23)C1. The van der Waals surface area contributed by atoms with Crippen LogP contribution < -0.4 is 4.90 Å². The van der Waals surface area contributed by atoms with E-state index in [9.17, 15) is 9.90 Å². The number of aromatic carboxylic acids is 1. The Hall–Kier alpha value is -2.36. The van der Waals surface area contributed by atoms with Crippen LogP contribution in [0.2, 0.25) is 0 Å². The van der Waals surface area contributed by atoms with Gasteiger partial charge in [0, 0.05) is 24.2 Å². The zero-order valence-corrected chi connectivity index (χ0v) is 11.3. The van der Waals surface area contributed by atoms with Crippen LogP contribution in [-0.4, -0.2) is 29.1 Å². The van der Waals surface area contributed by atoms with Crippen molar-refractivity contribution in [1.82, 2.24) is 4.98 Å². The average molecular weight is 268 g/mol. The van der Waals surface area contributed by atoms with Gasteiger partial charge in [-0.15, -0.1) is 0 Å². The highest BCUT2D eigenvalue weighted by Crippen LogP contribution is 2.29. The molecule has 1 N–H and O–H groups in total. The number of fused-ring (bicyclic) bond motifs is 1. The highest BCUT2D eigenvalue weighted by atomic mass is 16.4. The van der Waals surface area contributed by atoms with Gasteiger partial charge in [0.15, 0.2) is 5.69 Å². The summed E-state index contributed by atoms with van der Waals surface area (Å²) in [6.07, 6.45) is 3.23. The summed E-state index contributed by atoms with van der Waals surface area (Å²) < 4.78 is 0. The smallest absolute Gasteiger partial charge is 0.354 e. The van der Waals surface area contributed by atoms with E-state index < -0.39 is 5.97 Å². The summed E-state index contributed by atoms with van der Waals surface area (Å²) in [5.74, 6) is -0.985. The molecule has 0 bridgehead atoms. The van der Waals surface area contributed by atoms with Gasteiger partial charge in [-0.2, -0.15) is 0 Å². The van der Waals surface area contributed by atoms with Crippen LogP contribution in [0, 0.1) is 0 Å². The van der Waals surface area contributed by atoms with Crippen molar-refractivity contribution in [2.24, 2.45) is 0 Å². The Morgan fingerprint density at radius 1 is 1.35 bits per heavy atom. The molecule has 0 saturated heterocycles. The molecule has 0 amide bonds. The molecule has 1 aromatic heterocycles. The molecule has 0 radical (unpaired) electrons. The molecule has 3 rings (SSSR count). The molecule has 20 heavy (non-hydrogen) atoms. The number of carbonyl (C=O) groups is 1. The number of hydrogen-bond acceptors (Lipinski definition) is 3. The Morgan fingerprint density at radius 2 is 2.15 bits per heavy atom. The number of para-hydroxylation sites is 1. The molecule has 102 valence electrons. The lowest BCUT2D eigenvalue weighted by atomic mass is 10.1. The summed E-state index contributed by atoms with van der Waals surface area (Å²) in [6.45, 7) is 3.85. The van der Waals surface area contributed by atoms with E-state index in [1.165, 1.54) is 5.57 Å². The van der Waals surface area contributed by atoms with E-state index in [-0.39, 0.29) is 5.69 Å². The molecule has 0 fully saturated rings. The van der Waals surface area contributed by atoms with Crippen molar-refractivity contribution in [3.8, 4) is 0 Å². The minimum absolute atomic E-state index is 0.103. The molecule has 0 aliphatic carbocycles. The van der Waals surface area contributed by atoms with Crippen LogP contribution in [0.1, 0.15) is 23.8 Å². The summed E-state index contributed by atoms with van der Waals surface area (Å²) in [5, 5.41) is 10.2. The standard InChI is InChI=1S/C16H16N2O2/c1-11-5-4-8-18(10-11)15-9-14(16(19)20)17-13-7-3-2-6-12(13)15/h2-3,5-7,9H,4,8,10H2,1H3,(H,19,20). The molecule has 4 heteroatoms. The van der Waals surface area contributed by atoms with Crippen molar-refractivity contribution in [2.75, 3.05) is 18.0 Å². The third-order valence-corrected chi connectivity index (χ3v) is 3.59. The Labute approximate surface area is 117 Å². The number of rotatable bonds is 2. The number of carboxylic acid groups (broad SMARTS) is 1. The van der Waals surface area contributed by atoms with E-state index in [4.69, 9.17) is 0 Å². The Morgan fingerprint density at radius 3 is 2.90 bits per heavy atom. The summed E-state index contributed by atoms with van der Waals surface area (Å²) >= 11 is 0. The lowest BCUT2D eigenvalue weighted by Crippen LogP contribution is -2.29. The monoisotopic (exact) mass is 268 g/mol. The van der Waals surface area contributed by atoms with Crippen molar-refractivity contribution in [3.05, 3.63) is 47.7 Å². The number of hydrogen-bond donors (Lipinski definition) is 1. The van der Waals surface area contributed by atoms with Crippen molar-refractivity contribution in [2.45, 2.75) is 13.3 Å². The van der Waals surface area contributed by atoms with Gasteiger partial charge in [0.05, 0.1) is 5.52 Å². The van der Waals surface area contributed by atoms with Gasteiger partial charge in [0.25, 0.3) is 0 Å². The lowest BCUT2D eigenvalue weighted by Gasteiger charge is -2.29. The third kappa shape index (κ3) is 2.25. The van der Waals surface area contributed by atoms with Crippen LogP contribution in [-0.2, 0) is 0 Å². The largest absolute Gasteiger partial charge is 0.477 e. The molecule has 0 unspecified atom stereocenters. The van der Waals surface area contributed by atoms with Gasteiger partial charge in [-0.25, -0.2) is 9.78 Å². The van der Waals surface area contributed by atoms with Crippen molar-refractivity contribution < 1.29 is 9.90 Å². The second-order valence-corrected chi connectivity index (χ2v) is 5.11. The van der Waals surface area contributed by atoms with E-state index in [2.05, 4.69) is 22.9 Å². The van der Waals surface area contributed by atoms with Gasteiger partial charge in [-0.1, -0.05) is 29.8 Å². The van der Waals surface area contributed by atoms with Crippen LogP contribution in [0.3, 0.4) is 0 Å². The van der Waals surface area contributed by atoms with Gasteiger partial charge in [0.1, 0.15) is 0 Å². The Kier molecular flexibility index (Phi) is 3.14. The molecular weight excluding hydrogens is 252 g/mol. The Balaban J connectivity index is 2.17. The number of benzene rings is 1. The van der Waals surface area contributed by atoms with E-state index in [1.807, 2.05) is 24.3 Å². The van der Waals surface area contributed by atoms with E-state index in [0.29, 0.717) is 0 Å². The second-order valence-electron chi connectivity index (χ2n) is 5.11. The third-order valence-electron chi connectivity index (χ3n) is 3.59. The van der Waals surface area contributed by atoms with Crippen LogP contribution in [0.4, 0.5) is 5.69 Å². The molecule has 0 atom stereocenters. The number of aromatic nitrogens is 1. The molecule has 0 spiro atoms. The lowest BCUT2D eigenvalue weighted by molar-refractivity contribution is 0.0691. The number of anilines is 1. The molecule has 1 aliphatic heterocycles. The summed E-state index contributed by atoms with van der Waals surface area (Å²) in [7, 11) is 0. The fraction of sp³-hybridized carbons (Fsp3) is 0.250. The first-order valence-corrected chi connectivity index (χ1v) is 6.69. The zero-order chi connectivity index (χ0) is 14.1. The number of pyridine rings is 1. The molecule has 1 aliphatic rings. The predicted molar refractivity (Wildman–Crippen MR) is 79.3 cm³/mol. The van der Waals surface area contributed by atoms with Crippen LogP contribution >= 0.6 is 0 Å². The van der Waals surface area contributed by atoms with Gasteiger partial charge in [0.2, 0.25) is 0 Å². The second kappa shape index (κ2) is 4.96. The highest BCUT2D eigenvalue weighted by molar-refractivity contribution is 5.97. The molecule has 2 aromatic rings. The minimum atomic E-state index is -0.985. The first-order chi connectivity index (χ1) is 9.65. The van der Waals surface area contributed by atoms with E-state index >= 15 is 0 Å². The summed E-state index contributed by atoms with van der Waals surface area (Å²) in [6, 6.07) is 9.38. The Bertz CT molecular complexity index is 707. The molecular formula is C16H16N2O2. The fourth-order valence-corrected chi connectivity index (χ4v) is 2.65. The first kappa shape index (κ1) is 12.7. The zero-order valence-electron chi connectivity index (χ0n) is 11.3. The van der Waals surface area contributed by atoms with E-state index in [0.717, 1.165) is 36.1 Å². The van der Waals surface area contributed by atoms with Gasteiger partial charge in [-0.05, 0) is 25.5 Å². The van der Waals surface area contributed by atoms with E-state index in [1.54, 1.807) is 6.07 Å². The van der Waals surface area contributed by atoms with Crippen molar-refractivity contribution in [3.63, 3.8) is 0 Å². The topological polar surface area (TPSA) is 53.4 Å². The normalized spacial score (nSPS) is 15.2. The highest BCUT2D eigenvalue weighted by Gasteiger charge is 2.17. The molecule has 4 nitrogen and oxygen atoms in total. The number of nitrogens with zero attached hydrogens (tertiary/aromatic N) is 2. The fourth-order valence-electron chi connectivity index (χ4n) is 2.65. The average Bonchev–Trinajstić information content (AvgIpc) is 2.46. The molecule has 2 heterocycles. The quantitative estimate of drug-likeness (QED) is 0.850. The maximum Gasteiger partial charge on any atom is 0.354 e.